The number of hydrogen-bond acceptors (Lipinski definition) is 11. The fourth-order valence-corrected chi connectivity index (χ4v) is 8.43. The first-order valence-electron chi connectivity index (χ1n) is 20.2. The molecule has 328 valence electrons. The van der Waals surface area contributed by atoms with Crippen molar-refractivity contribution in [3.05, 3.63) is 71.5 Å². The fraction of sp³-hybridized carbons (Fsp3) is 0.488. The van der Waals surface area contributed by atoms with Gasteiger partial charge in [0.05, 0.1) is 57.0 Å². The Balaban J connectivity index is 1.16. The van der Waals surface area contributed by atoms with Crippen LogP contribution >= 0.6 is 11.6 Å². The molecule has 6 rings (SSSR count). The molecule has 18 heteroatoms. The topological polar surface area (TPSA) is 202 Å². The first-order valence-corrected chi connectivity index (χ1v) is 20.6. The number of nitrogens with one attached hydrogen (secondary N) is 4. The van der Waals surface area contributed by atoms with Crippen LogP contribution in [0.4, 0.5) is 9.59 Å². The minimum atomic E-state index is -0.989. The smallest absolute Gasteiger partial charge is 0.407 e. The Kier molecular flexibility index (Phi) is 14.7. The maximum atomic E-state index is 14.0. The number of alkyl carbamates (subject to hydrolysis) is 2. The number of aromatic amines is 2. The van der Waals surface area contributed by atoms with Gasteiger partial charge < -0.3 is 54.1 Å². The molecule has 0 saturated carbocycles. The third kappa shape index (κ3) is 9.85. The van der Waals surface area contributed by atoms with Crippen LogP contribution in [-0.4, -0.2) is 133 Å². The van der Waals surface area contributed by atoms with Crippen molar-refractivity contribution in [2.24, 2.45) is 5.92 Å². The number of benzene rings is 2. The van der Waals surface area contributed by atoms with Crippen molar-refractivity contribution in [1.82, 2.24) is 40.4 Å². The van der Waals surface area contributed by atoms with E-state index >= 15 is 0 Å². The summed E-state index contributed by atoms with van der Waals surface area (Å²) < 4.78 is 25.9. The molecule has 2 fully saturated rings. The van der Waals surface area contributed by atoms with Crippen molar-refractivity contribution >= 4 is 35.6 Å². The summed E-state index contributed by atoms with van der Waals surface area (Å²) in [6.07, 6.45) is 1.18. The zero-order chi connectivity index (χ0) is 44.0. The summed E-state index contributed by atoms with van der Waals surface area (Å²) in [6.45, 7) is 6.26. The predicted molar refractivity (Wildman–Crippen MR) is 226 cm³/mol. The lowest BCUT2D eigenvalue weighted by molar-refractivity contribution is -0.139. The molecule has 2 aromatic carbocycles. The van der Waals surface area contributed by atoms with E-state index in [9.17, 15) is 19.2 Å². The van der Waals surface area contributed by atoms with Crippen molar-refractivity contribution in [2.45, 2.75) is 82.5 Å². The number of aromatic nitrogens is 4. The van der Waals surface area contributed by atoms with Gasteiger partial charge in [-0.25, -0.2) is 19.6 Å². The second kappa shape index (κ2) is 19.9. The standard InChI is InChI=1S/C43H55ClN8O9/c1-23-9-18-32(52(23)41(54)35(25(3)59-6)49-43(56)61-8)38-45-20-31(46-38)29-14-10-27(11-15-29)28-12-16-30(17-13-28)36-37(44)50-39(47-36)33-19-26(22-57-4)21-51(33)40(53)34(24(2)58-5)48-42(55)60-7/h10-17,20,23-26,32-35H,9,18-19,21-22H2,1-8H3,(H,45,46)(H,47,50)(H,48,55)(H,49,56). The summed E-state index contributed by atoms with van der Waals surface area (Å²) in [7, 11) is 7.08. The van der Waals surface area contributed by atoms with Gasteiger partial charge >= 0.3 is 12.2 Å². The number of nitrogens with zero attached hydrogens (tertiary/aromatic N) is 4. The first-order chi connectivity index (χ1) is 29.3. The van der Waals surface area contributed by atoms with Crippen LogP contribution in [0.3, 0.4) is 0 Å². The molecule has 2 aromatic heterocycles. The highest BCUT2D eigenvalue weighted by molar-refractivity contribution is 6.31. The van der Waals surface area contributed by atoms with Gasteiger partial charge in [0.25, 0.3) is 0 Å². The normalized spacial score (nSPS) is 20.8. The Bertz CT molecular complexity index is 2150. The number of hydrogen-bond donors (Lipinski definition) is 4. The highest BCUT2D eigenvalue weighted by Gasteiger charge is 2.44. The van der Waals surface area contributed by atoms with Gasteiger partial charge in [-0.3, -0.25) is 9.59 Å². The van der Waals surface area contributed by atoms with E-state index < -0.39 is 42.5 Å². The van der Waals surface area contributed by atoms with Crippen LogP contribution in [0.5, 0.6) is 0 Å². The largest absolute Gasteiger partial charge is 0.453 e. The van der Waals surface area contributed by atoms with Gasteiger partial charge in [-0.1, -0.05) is 60.1 Å². The molecule has 61 heavy (non-hydrogen) atoms. The molecule has 8 unspecified atom stereocenters. The highest BCUT2D eigenvalue weighted by atomic mass is 35.5. The lowest BCUT2D eigenvalue weighted by Gasteiger charge is -2.33. The molecule has 0 spiro atoms. The predicted octanol–water partition coefficient (Wildman–Crippen LogP) is 5.89. The number of likely N-dealkylation sites (tertiary alicyclic amines) is 2. The summed E-state index contributed by atoms with van der Waals surface area (Å²) in [4.78, 5) is 71.8. The Labute approximate surface area is 360 Å². The molecule has 2 saturated heterocycles. The van der Waals surface area contributed by atoms with Crippen molar-refractivity contribution in [3.63, 3.8) is 0 Å². The average Bonchev–Trinajstić information content (AvgIpc) is 4.10. The summed E-state index contributed by atoms with van der Waals surface area (Å²) in [5, 5.41) is 5.59. The number of carbonyl (C=O) groups is 4. The highest BCUT2D eigenvalue weighted by Crippen LogP contribution is 2.39. The van der Waals surface area contributed by atoms with Gasteiger partial charge in [-0.15, -0.1) is 0 Å². The van der Waals surface area contributed by atoms with Crippen molar-refractivity contribution in [2.75, 3.05) is 48.7 Å². The van der Waals surface area contributed by atoms with Gasteiger partial charge in [0, 0.05) is 45.4 Å². The van der Waals surface area contributed by atoms with Crippen LogP contribution < -0.4 is 10.6 Å². The zero-order valence-corrected chi connectivity index (χ0v) is 36.4. The van der Waals surface area contributed by atoms with Gasteiger partial charge in [-0.05, 0) is 56.7 Å². The third-order valence-corrected chi connectivity index (χ3v) is 12.0. The molecule has 4 aromatic rings. The molecule has 4 heterocycles. The molecule has 2 aliphatic heterocycles. The molecular weight excluding hydrogens is 808 g/mol. The van der Waals surface area contributed by atoms with Crippen LogP contribution in [0.15, 0.2) is 54.7 Å². The van der Waals surface area contributed by atoms with Crippen molar-refractivity contribution in [1.29, 1.82) is 0 Å². The number of rotatable bonds is 15. The van der Waals surface area contributed by atoms with Crippen LogP contribution in [0.25, 0.3) is 33.6 Å². The third-order valence-electron chi connectivity index (χ3n) is 11.7. The maximum absolute atomic E-state index is 14.0. The lowest BCUT2D eigenvalue weighted by atomic mass is 10.0. The summed E-state index contributed by atoms with van der Waals surface area (Å²) in [5.41, 5.74) is 5.04. The average molecular weight is 863 g/mol. The molecule has 0 bridgehead atoms. The first kappa shape index (κ1) is 45.0. The Morgan fingerprint density at radius 2 is 1.33 bits per heavy atom. The summed E-state index contributed by atoms with van der Waals surface area (Å²) in [6, 6.07) is 13.2. The second-order valence-electron chi connectivity index (χ2n) is 15.5. The lowest BCUT2D eigenvalue weighted by Crippen LogP contribution is -2.55. The van der Waals surface area contributed by atoms with Crippen molar-refractivity contribution in [3.8, 4) is 33.6 Å². The Morgan fingerprint density at radius 3 is 1.89 bits per heavy atom. The van der Waals surface area contributed by atoms with Gasteiger partial charge in [0.2, 0.25) is 11.8 Å². The van der Waals surface area contributed by atoms with E-state index in [1.165, 1.54) is 28.4 Å². The molecule has 4 amide bonds. The monoisotopic (exact) mass is 862 g/mol. The van der Waals surface area contributed by atoms with Crippen molar-refractivity contribution < 1.29 is 42.9 Å². The molecule has 4 N–H and O–H groups in total. The van der Waals surface area contributed by atoms with Crippen LogP contribution in [-0.2, 0) is 33.3 Å². The summed E-state index contributed by atoms with van der Waals surface area (Å²) in [5.74, 6) is 0.622. The number of carbonyl (C=O) groups excluding carboxylic acids is 4. The molecule has 0 radical (unpaired) electrons. The number of amides is 4. The molecule has 2 aliphatic rings. The minimum Gasteiger partial charge on any atom is -0.453 e. The van der Waals surface area contributed by atoms with E-state index in [1.807, 2.05) is 55.5 Å². The zero-order valence-electron chi connectivity index (χ0n) is 35.7. The van der Waals surface area contributed by atoms with Crippen LogP contribution in [0.1, 0.15) is 63.8 Å². The molecule has 17 nitrogen and oxygen atoms in total. The van der Waals surface area contributed by atoms with E-state index in [0.29, 0.717) is 48.5 Å². The number of H-pyrrole nitrogens is 2. The van der Waals surface area contributed by atoms with E-state index in [-0.39, 0.29) is 29.8 Å². The molecule has 0 aliphatic carbocycles. The van der Waals surface area contributed by atoms with Crippen LogP contribution in [0, 0.1) is 5.92 Å². The van der Waals surface area contributed by atoms with E-state index in [2.05, 4.69) is 20.6 Å². The maximum Gasteiger partial charge on any atom is 0.407 e. The minimum absolute atomic E-state index is 0.0302. The van der Waals surface area contributed by atoms with E-state index in [0.717, 1.165) is 34.4 Å². The van der Waals surface area contributed by atoms with Gasteiger partial charge in [0.1, 0.15) is 34.6 Å². The number of halogens is 1. The molecule has 8 atom stereocenters. The van der Waals surface area contributed by atoms with E-state index in [4.69, 9.17) is 45.3 Å². The number of methoxy groups -OCH3 is 5. The molecular formula is C43H55ClN8O9. The Morgan fingerprint density at radius 1 is 0.770 bits per heavy atom. The van der Waals surface area contributed by atoms with Gasteiger partial charge in [-0.2, -0.15) is 0 Å². The fourth-order valence-electron chi connectivity index (χ4n) is 8.18. The quantitative estimate of drug-likeness (QED) is 0.111. The van der Waals surface area contributed by atoms with E-state index in [1.54, 1.807) is 37.0 Å². The second-order valence-corrected chi connectivity index (χ2v) is 15.9. The number of imidazole rings is 2. The van der Waals surface area contributed by atoms with Crippen LogP contribution in [0.2, 0.25) is 5.15 Å². The van der Waals surface area contributed by atoms with Gasteiger partial charge in [0.15, 0.2) is 0 Å². The SMILES string of the molecule is COCC1CC(c2nc(-c3ccc(-c4ccc(-c5cnc(C6CCC(C)N6C(=O)C(NC(=O)OC)C(C)OC)[nH]5)cc4)cc3)c(Cl)[nH]2)N(C(=O)C(NC(=O)OC)C(C)OC)C1. The Hall–Kier alpha value is -5.49. The summed E-state index contributed by atoms with van der Waals surface area (Å²) >= 11 is 6.78. The number of ether oxygens (including phenoxy) is 5.